The van der Waals surface area contributed by atoms with Crippen molar-refractivity contribution in [1.82, 2.24) is 0 Å². The molecule has 0 bridgehead atoms. The molecule has 0 aromatic rings. The van der Waals surface area contributed by atoms with Gasteiger partial charge in [0.15, 0.2) is 0 Å². The molecule has 74 valence electrons. The summed E-state index contributed by atoms with van der Waals surface area (Å²) >= 11 is 0. The van der Waals surface area contributed by atoms with Gasteiger partial charge in [-0.3, -0.25) is 0 Å². The van der Waals surface area contributed by atoms with Gasteiger partial charge in [0.25, 0.3) is 0 Å². The Balaban J connectivity index is 4.22. The van der Waals surface area contributed by atoms with E-state index in [0.717, 1.165) is 0 Å². The Labute approximate surface area is 76.5 Å². The molecule has 0 aromatic carbocycles. The first-order valence-corrected chi connectivity index (χ1v) is 4.59. The molecule has 2 heteroatoms. The molecule has 0 heterocycles. The third kappa shape index (κ3) is 4.07. The molecule has 1 unspecified atom stereocenters. The second-order valence-electron chi connectivity index (χ2n) is 4.95. The Hall–Kier alpha value is -0.0800. The fraction of sp³-hybridized carbons (Fsp3) is 1.00. The summed E-state index contributed by atoms with van der Waals surface area (Å²) in [6, 6.07) is 0. The molecule has 0 rings (SSSR count). The molecule has 0 spiro atoms. The van der Waals surface area contributed by atoms with Crippen LogP contribution >= 0.6 is 0 Å². The van der Waals surface area contributed by atoms with Crippen molar-refractivity contribution in [2.24, 2.45) is 11.7 Å². The highest BCUT2D eigenvalue weighted by molar-refractivity contribution is 4.80. The quantitative estimate of drug-likeness (QED) is 0.710. The minimum absolute atomic E-state index is 0.0903. The first kappa shape index (κ1) is 11.9. The second-order valence-corrected chi connectivity index (χ2v) is 4.95. The van der Waals surface area contributed by atoms with Crippen molar-refractivity contribution in [1.29, 1.82) is 0 Å². The van der Waals surface area contributed by atoms with Crippen molar-refractivity contribution >= 4 is 0 Å². The molecule has 2 N–H and O–H groups in total. The Morgan fingerprint density at radius 3 is 1.83 bits per heavy atom. The Morgan fingerprint density at radius 2 is 1.58 bits per heavy atom. The first-order valence-electron chi connectivity index (χ1n) is 4.59. The van der Waals surface area contributed by atoms with Crippen molar-refractivity contribution in [3.05, 3.63) is 0 Å². The smallest absolute Gasteiger partial charge is 0.0671 e. The Kier molecular flexibility index (Phi) is 3.73. The third-order valence-electron chi connectivity index (χ3n) is 2.11. The summed E-state index contributed by atoms with van der Waals surface area (Å²) in [5, 5.41) is 0. The highest BCUT2D eigenvalue weighted by Gasteiger charge is 2.30. The van der Waals surface area contributed by atoms with E-state index >= 15 is 0 Å². The molecular weight excluding hydrogens is 150 g/mol. The normalized spacial score (nSPS) is 16.2. The summed E-state index contributed by atoms with van der Waals surface area (Å²) in [5.74, 6) is 0.386. The van der Waals surface area contributed by atoms with Crippen molar-refractivity contribution in [2.75, 3.05) is 6.54 Å². The van der Waals surface area contributed by atoms with Crippen LogP contribution in [0.25, 0.3) is 0 Å². The van der Waals surface area contributed by atoms with Crippen LogP contribution < -0.4 is 5.73 Å². The maximum atomic E-state index is 5.90. The predicted octanol–water partition coefficient (Wildman–Crippen LogP) is 2.17. The van der Waals surface area contributed by atoms with Crippen molar-refractivity contribution < 1.29 is 4.74 Å². The molecule has 0 radical (unpaired) electrons. The minimum atomic E-state index is -0.132. The van der Waals surface area contributed by atoms with E-state index in [0.29, 0.717) is 12.5 Å². The monoisotopic (exact) mass is 173 g/mol. The molecule has 1 atom stereocenters. The van der Waals surface area contributed by atoms with Crippen LogP contribution in [0, 0.1) is 5.92 Å². The van der Waals surface area contributed by atoms with E-state index in [9.17, 15) is 0 Å². The first-order chi connectivity index (χ1) is 5.19. The lowest BCUT2D eigenvalue weighted by Gasteiger charge is -2.37. The van der Waals surface area contributed by atoms with Crippen LogP contribution in [0.2, 0.25) is 0 Å². The van der Waals surface area contributed by atoms with Gasteiger partial charge < -0.3 is 10.5 Å². The summed E-state index contributed by atoms with van der Waals surface area (Å²) < 4.78 is 5.90. The highest BCUT2D eigenvalue weighted by Crippen LogP contribution is 2.26. The summed E-state index contributed by atoms with van der Waals surface area (Å²) in [7, 11) is 0. The van der Waals surface area contributed by atoms with Gasteiger partial charge in [0.1, 0.15) is 0 Å². The van der Waals surface area contributed by atoms with E-state index in [2.05, 4.69) is 41.5 Å². The Bertz CT molecular complexity index is 135. The maximum Gasteiger partial charge on any atom is 0.0671 e. The number of hydrogen-bond acceptors (Lipinski definition) is 2. The van der Waals surface area contributed by atoms with Crippen LogP contribution in [-0.2, 0) is 4.74 Å². The number of rotatable bonds is 3. The van der Waals surface area contributed by atoms with Crippen LogP contribution in [0.5, 0.6) is 0 Å². The molecule has 2 nitrogen and oxygen atoms in total. The van der Waals surface area contributed by atoms with Gasteiger partial charge in [0, 0.05) is 0 Å². The Morgan fingerprint density at radius 1 is 1.17 bits per heavy atom. The van der Waals surface area contributed by atoms with Gasteiger partial charge in [-0.2, -0.15) is 0 Å². The zero-order chi connectivity index (χ0) is 9.99. The van der Waals surface area contributed by atoms with Gasteiger partial charge in [-0.25, -0.2) is 0 Å². The fourth-order valence-corrected chi connectivity index (χ4v) is 1.17. The molecule has 12 heavy (non-hydrogen) atoms. The summed E-state index contributed by atoms with van der Waals surface area (Å²) in [4.78, 5) is 0. The number of hydrogen-bond donors (Lipinski definition) is 1. The van der Waals surface area contributed by atoms with Gasteiger partial charge >= 0.3 is 0 Å². The zero-order valence-corrected chi connectivity index (χ0v) is 9.27. The van der Waals surface area contributed by atoms with E-state index in [-0.39, 0.29) is 11.2 Å². The van der Waals surface area contributed by atoms with Crippen LogP contribution in [0.1, 0.15) is 41.5 Å². The van der Waals surface area contributed by atoms with Gasteiger partial charge in [-0.1, -0.05) is 6.92 Å². The molecule has 0 amide bonds. The molecule has 0 saturated carbocycles. The van der Waals surface area contributed by atoms with Gasteiger partial charge in [-0.15, -0.1) is 0 Å². The predicted molar refractivity (Wildman–Crippen MR) is 53.1 cm³/mol. The maximum absolute atomic E-state index is 5.90. The van der Waals surface area contributed by atoms with Crippen LogP contribution in [0.15, 0.2) is 0 Å². The lowest BCUT2D eigenvalue weighted by molar-refractivity contribution is -0.136. The van der Waals surface area contributed by atoms with E-state index < -0.39 is 0 Å². The largest absolute Gasteiger partial charge is 0.370 e. The average molecular weight is 173 g/mol. The molecule has 0 aliphatic rings. The summed E-state index contributed by atoms with van der Waals surface area (Å²) in [6.07, 6.45) is 0. The lowest BCUT2D eigenvalue weighted by Crippen LogP contribution is -2.42. The van der Waals surface area contributed by atoms with Gasteiger partial charge in [0.2, 0.25) is 0 Å². The SMILES string of the molecule is CC(CN)C(C)(C)OC(C)(C)C. The third-order valence-corrected chi connectivity index (χ3v) is 2.11. The van der Waals surface area contributed by atoms with Crippen molar-refractivity contribution in [2.45, 2.75) is 52.7 Å². The standard InChI is InChI=1S/C10H23NO/c1-8(7-11)10(5,6)12-9(2,3)4/h8H,7,11H2,1-6H3. The highest BCUT2D eigenvalue weighted by atomic mass is 16.5. The van der Waals surface area contributed by atoms with Crippen LogP contribution in [0.3, 0.4) is 0 Å². The number of nitrogens with two attached hydrogens (primary N) is 1. The van der Waals surface area contributed by atoms with Crippen molar-refractivity contribution in [3.8, 4) is 0 Å². The summed E-state index contributed by atoms with van der Waals surface area (Å²) in [6.45, 7) is 13.2. The van der Waals surface area contributed by atoms with Gasteiger partial charge in [-0.05, 0) is 47.1 Å². The second kappa shape index (κ2) is 3.75. The molecule has 0 fully saturated rings. The lowest BCUT2D eigenvalue weighted by atomic mass is 9.92. The molecule has 0 aromatic heterocycles. The molecule has 0 aliphatic heterocycles. The van der Waals surface area contributed by atoms with Crippen molar-refractivity contribution in [3.63, 3.8) is 0 Å². The minimum Gasteiger partial charge on any atom is -0.370 e. The van der Waals surface area contributed by atoms with E-state index in [1.165, 1.54) is 0 Å². The van der Waals surface area contributed by atoms with E-state index in [1.54, 1.807) is 0 Å². The number of ether oxygens (including phenoxy) is 1. The average Bonchev–Trinajstić information content (AvgIpc) is 1.80. The molecule has 0 saturated heterocycles. The zero-order valence-electron chi connectivity index (χ0n) is 9.27. The van der Waals surface area contributed by atoms with Crippen LogP contribution in [-0.4, -0.2) is 17.7 Å². The summed E-state index contributed by atoms with van der Waals surface area (Å²) in [5.41, 5.74) is 5.37. The molecular formula is C10H23NO. The molecule has 0 aliphatic carbocycles. The van der Waals surface area contributed by atoms with Crippen LogP contribution in [0.4, 0.5) is 0 Å². The van der Waals surface area contributed by atoms with E-state index in [4.69, 9.17) is 10.5 Å². The fourth-order valence-electron chi connectivity index (χ4n) is 1.17. The van der Waals surface area contributed by atoms with Gasteiger partial charge in [0.05, 0.1) is 11.2 Å². The topological polar surface area (TPSA) is 35.2 Å². The van der Waals surface area contributed by atoms with E-state index in [1.807, 2.05) is 0 Å².